The first-order valence-electron chi connectivity index (χ1n) is 12.7. The van der Waals surface area contributed by atoms with E-state index in [9.17, 15) is 14.7 Å². The van der Waals surface area contributed by atoms with Crippen molar-refractivity contribution in [3.8, 4) is 22.6 Å². The summed E-state index contributed by atoms with van der Waals surface area (Å²) in [5, 5.41) is 11.6. The van der Waals surface area contributed by atoms with E-state index in [4.69, 9.17) is 28.5 Å². The number of thiol groups is 1. The molecule has 0 aromatic heterocycles. The zero-order valence-electron chi connectivity index (χ0n) is 23.7. The number of carbonyl (C=O) groups excluding carboxylic acids is 1. The van der Waals surface area contributed by atoms with Crippen LogP contribution in [0, 0.1) is 0 Å². The number of aliphatic carboxylic acids is 1. The second kappa shape index (κ2) is 17.1. The topological polar surface area (TPSA) is 125 Å². The van der Waals surface area contributed by atoms with Crippen molar-refractivity contribution in [2.45, 2.75) is 44.9 Å². The van der Waals surface area contributed by atoms with Crippen molar-refractivity contribution < 1.29 is 43.2 Å². The third-order valence-electron chi connectivity index (χ3n) is 5.99. The van der Waals surface area contributed by atoms with Crippen LogP contribution in [-0.2, 0) is 41.7 Å². The monoisotopic (exact) mass is 580 g/mol. The molecule has 0 bridgehead atoms. The van der Waals surface area contributed by atoms with Gasteiger partial charge in [0.05, 0.1) is 51.8 Å². The van der Waals surface area contributed by atoms with E-state index in [1.165, 1.54) is 4.47 Å². The van der Waals surface area contributed by atoms with Crippen LogP contribution < -0.4 is 14.8 Å². The lowest BCUT2D eigenvalue weighted by atomic mass is 9.98. The molecular formula is C28H40N2O9S. The standard InChI is InChI=1S/C28H40N2O9S/c1-28(2,10-11-39-30(40)19-34-3)38-13-12-37-17-21-15-24(35-4)26(25(16-21)36-5)22-8-6-20(7-9-22)14-23(27(32)33)29-18-31/h6-9,15-16,18,23,40H,10-14,17,19H2,1-5H3,(H,29,31)(H,32,33). The minimum absolute atomic E-state index is 0.163. The molecule has 0 radical (unpaired) electrons. The number of hydroxylamine groups is 1. The van der Waals surface area contributed by atoms with E-state index < -0.39 is 17.6 Å². The van der Waals surface area contributed by atoms with Gasteiger partial charge in [-0.1, -0.05) is 37.1 Å². The van der Waals surface area contributed by atoms with Crippen LogP contribution in [0.15, 0.2) is 36.4 Å². The van der Waals surface area contributed by atoms with E-state index in [0.717, 1.165) is 22.3 Å². The molecule has 0 aliphatic heterocycles. The number of nitrogens with zero attached hydrogens (tertiary/aromatic N) is 1. The number of carboxylic acid groups (broad SMARTS) is 1. The Bertz CT molecular complexity index is 1040. The van der Waals surface area contributed by atoms with Crippen molar-refractivity contribution in [2.24, 2.45) is 0 Å². The predicted octanol–water partition coefficient (Wildman–Crippen LogP) is 3.50. The van der Waals surface area contributed by atoms with Gasteiger partial charge in [0.15, 0.2) is 0 Å². The molecule has 2 rings (SSSR count). The lowest BCUT2D eigenvalue weighted by Crippen LogP contribution is -2.37. The maximum Gasteiger partial charge on any atom is 0.326 e. The number of nitrogens with one attached hydrogen (secondary N) is 1. The number of carboxylic acids is 1. The molecule has 0 fully saturated rings. The third kappa shape index (κ3) is 11.0. The molecule has 0 saturated carbocycles. The SMILES string of the molecule is COCN(S)OCCC(C)(C)OCCOCc1cc(OC)c(-c2ccc(CC(NC=O)C(=O)O)cc2)c(OC)c1. The Labute approximate surface area is 241 Å². The molecule has 2 aromatic carbocycles. The predicted molar refractivity (Wildman–Crippen MR) is 152 cm³/mol. The number of amides is 1. The van der Waals surface area contributed by atoms with Gasteiger partial charge in [0.1, 0.15) is 24.3 Å². The Morgan fingerprint density at radius 1 is 1.05 bits per heavy atom. The van der Waals surface area contributed by atoms with Gasteiger partial charge in [-0.3, -0.25) is 9.63 Å². The highest BCUT2D eigenvalue weighted by Gasteiger charge is 2.20. The molecule has 11 nitrogen and oxygen atoms in total. The highest BCUT2D eigenvalue weighted by molar-refractivity contribution is 7.77. The van der Waals surface area contributed by atoms with E-state index in [1.807, 2.05) is 50.2 Å². The van der Waals surface area contributed by atoms with Crippen LogP contribution in [0.3, 0.4) is 0 Å². The van der Waals surface area contributed by atoms with Crippen LogP contribution in [-0.4, -0.2) is 81.5 Å². The molecule has 2 aromatic rings. The van der Waals surface area contributed by atoms with Gasteiger partial charge in [-0.25, -0.2) is 4.79 Å². The highest BCUT2D eigenvalue weighted by atomic mass is 32.1. The van der Waals surface area contributed by atoms with Gasteiger partial charge in [-0.05, 0) is 42.7 Å². The molecule has 1 unspecified atom stereocenters. The first-order valence-corrected chi connectivity index (χ1v) is 13.1. The molecule has 1 atom stereocenters. The fourth-order valence-corrected chi connectivity index (χ4v) is 4.06. The first kappa shape index (κ1) is 33.3. The quantitative estimate of drug-likeness (QED) is 0.0705. The smallest absolute Gasteiger partial charge is 0.326 e. The molecule has 0 saturated heterocycles. The van der Waals surface area contributed by atoms with Gasteiger partial charge in [0, 0.05) is 20.0 Å². The summed E-state index contributed by atoms with van der Waals surface area (Å²) in [6, 6.07) is 10.1. The Morgan fingerprint density at radius 3 is 2.25 bits per heavy atom. The zero-order valence-corrected chi connectivity index (χ0v) is 24.6. The van der Waals surface area contributed by atoms with Crippen molar-refractivity contribution in [3.63, 3.8) is 0 Å². The van der Waals surface area contributed by atoms with Gasteiger partial charge in [-0.2, -0.15) is 0 Å². The average Bonchev–Trinajstić information content (AvgIpc) is 2.92. The summed E-state index contributed by atoms with van der Waals surface area (Å²) in [6.07, 6.45) is 1.22. The fraction of sp³-hybridized carbons (Fsp3) is 0.500. The number of benzene rings is 2. The van der Waals surface area contributed by atoms with Crippen molar-refractivity contribution in [3.05, 3.63) is 47.5 Å². The lowest BCUT2D eigenvalue weighted by Gasteiger charge is -2.26. The second-order valence-electron chi connectivity index (χ2n) is 9.47. The Hall–Kier alpha value is -2.87. The normalized spacial score (nSPS) is 12.3. The maximum atomic E-state index is 11.3. The molecule has 0 heterocycles. The van der Waals surface area contributed by atoms with Crippen LogP contribution in [0.1, 0.15) is 31.4 Å². The van der Waals surface area contributed by atoms with Crippen LogP contribution >= 0.6 is 12.8 Å². The van der Waals surface area contributed by atoms with Crippen molar-refractivity contribution >= 4 is 25.2 Å². The molecule has 222 valence electrons. The third-order valence-corrected chi connectivity index (χ3v) is 6.22. The summed E-state index contributed by atoms with van der Waals surface area (Å²) >= 11 is 4.13. The summed E-state index contributed by atoms with van der Waals surface area (Å²) in [5.74, 6) is 0.128. The summed E-state index contributed by atoms with van der Waals surface area (Å²) in [6.45, 7) is 5.83. The Morgan fingerprint density at radius 2 is 1.70 bits per heavy atom. The number of ether oxygens (including phenoxy) is 5. The molecule has 0 spiro atoms. The zero-order chi connectivity index (χ0) is 29.5. The van der Waals surface area contributed by atoms with Gasteiger partial charge < -0.3 is 34.1 Å². The van der Waals surface area contributed by atoms with Crippen LogP contribution in [0.25, 0.3) is 11.1 Å². The summed E-state index contributed by atoms with van der Waals surface area (Å²) < 4.78 is 29.4. The summed E-state index contributed by atoms with van der Waals surface area (Å²) in [5.41, 5.74) is 2.84. The Kier molecular flexibility index (Phi) is 14.2. The molecule has 1 amide bonds. The van der Waals surface area contributed by atoms with E-state index in [-0.39, 0.29) is 13.2 Å². The fourth-order valence-electron chi connectivity index (χ4n) is 3.86. The van der Waals surface area contributed by atoms with Crippen molar-refractivity contribution in [1.82, 2.24) is 9.79 Å². The second-order valence-corrected chi connectivity index (χ2v) is 9.91. The van der Waals surface area contributed by atoms with E-state index in [1.54, 1.807) is 21.3 Å². The van der Waals surface area contributed by atoms with Crippen LogP contribution in [0.5, 0.6) is 11.5 Å². The summed E-state index contributed by atoms with van der Waals surface area (Å²) in [7, 11) is 4.74. The van der Waals surface area contributed by atoms with E-state index >= 15 is 0 Å². The Balaban J connectivity index is 1.97. The molecule has 2 N–H and O–H groups in total. The van der Waals surface area contributed by atoms with Crippen LogP contribution in [0.2, 0.25) is 0 Å². The molecule has 40 heavy (non-hydrogen) atoms. The van der Waals surface area contributed by atoms with Gasteiger partial charge in [0.2, 0.25) is 6.41 Å². The number of methoxy groups -OCH3 is 3. The number of hydrogen-bond donors (Lipinski definition) is 3. The molecule has 12 heteroatoms. The average molecular weight is 581 g/mol. The van der Waals surface area contributed by atoms with Crippen LogP contribution in [0.4, 0.5) is 0 Å². The van der Waals surface area contributed by atoms with Gasteiger partial charge >= 0.3 is 5.97 Å². The molecule has 0 aliphatic rings. The van der Waals surface area contributed by atoms with Gasteiger partial charge in [0.25, 0.3) is 0 Å². The molecule has 0 aliphatic carbocycles. The largest absolute Gasteiger partial charge is 0.496 e. The van der Waals surface area contributed by atoms with E-state index in [2.05, 4.69) is 18.1 Å². The molecular weight excluding hydrogens is 540 g/mol. The van der Waals surface area contributed by atoms with Gasteiger partial charge in [-0.15, -0.1) is 4.47 Å². The minimum atomic E-state index is -1.10. The number of rotatable bonds is 20. The number of hydrogen-bond acceptors (Lipinski definition) is 10. The van der Waals surface area contributed by atoms with E-state index in [0.29, 0.717) is 50.8 Å². The van der Waals surface area contributed by atoms with Crippen molar-refractivity contribution in [2.75, 3.05) is 47.9 Å². The highest BCUT2D eigenvalue weighted by Crippen LogP contribution is 2.40. The maximum absolute atomic E-state index is 11.3. The first-order chi connectivity index (χ1) is 19.1. The van der Waals surface area contributed by atoms with Crippen molar-refractivity contribution in [1.29, 1.82) is 0 Å². The lowest BCUT2D eigenvalue weighted by molar-refractivity contribution is -0.142. The summed E-state index contributed by atoms with van der Waals surface area (Å²) in [4.78, 5) is 27.5. The number of carbonyl (C=O) groups is 2. The minimum Gasteiger partial charge on any atom is -0.496 e.